The van der Waals surface area contributed by atoms with Gasteiger partial charge < -0.3 is 0 Å². The zero-order valence-electron chi connectivity index (χ0n) is 9.85. The van der Waals surface area contributed by atoms with Crippen LogP contribution < -0.4 is 0 Å². The molecule has 0 aliphatic carbocycles. The van der Waals surface area contributed by atoms with E-state index >= 15 is 0 Å². The van der Waals surface area contributed by atoms with Crippen molar-refractivity contribution in [2.45, 2.75) is 4.90 Å². The Balaban J connectivity index is 1.97. The Morgan fingerprint density at radius 1 is 1.05 bits per heavy atom. The summed E-state index contributed by atoms with van der Waals surface area (Å²) in [7, 11) is 0. The molecular weight excluding hydrogens is 283 g/mol. The molecule has 0 heterocycles. The maximum Gasteiger partial charge on any atom is 0.186 e. The third kappa shape index (κ3) is 4.23. The van der Waals surface area contributed by atoms with Gasteiger partial charge in [-0.15, -0.1) is 0 Å². The van der Waals surface area contributed by atoms with E-state index in [4.69, 9.17) is 11.6 Å². The average molecular weight is 293 g/mol. The molecule has 0 aliphatic rings. The first-order valence-corrected chi connectivity index (χ1v) is 6.79. The Labute approximate surface area is 120 Å². The van der Waals surface area contributed by atoms with Crippen LogP contribution in [0.25, 0.3) is 0 Å². The van der Waals surface area contributed by atoms with Crippen LogP contribution in [-0.2, 0) is 0 Å². The molecule has 19 heavy (non-hydrogen) atoms. The molecule has 2 aromatic rings. The minimum absolute atomic E-state index is 0.151. The Morgan fingerprint density at radius 3 is 2.32 bits per heavy atom. The molecule has 0 saturated heterocycles. The van der Waals surface area contributed by atoms with E-state index in [2.05, 4.69) is 0 Å². The molecule has 0 spiro atoms. The van der Waals surface area contributed by atoms with Crippen LogP contribution in [0.5, 0.6) is 0 Å². The largest absolute Gasteiger partial charge is 0.289 e. The van der Waals surface area contributed by atoms with Crippen molar-refractivity contribution in [3.8, 4) is 0 Å². The zero-order chi connectivity index (χ0) is 13.7. The summed E-state index contributed by atoms with van der Waals surface area (Å²) in [5.74, 6) is -0.502. The fourth-order valence-electron chi connectivity index (χ4n) is 1.40. The van der Waals surface area contributed by atoms with Gasteiger partial charge in [0.2, 0.25) is 0 Å². The molecule has 4 heteroatoms. The highest BCUT2D eigenvalue weighted by atomic mass is 35.5. The second-order valence-corrected chi connectivity index (χ2v) is 5.16. The SMILES string of the molecule is O=C(/C=C/Sc1ccc(Cl)cc1)c1ccc(F)cc1. The van der Waals surface area contributed by atoms with Crippen LogP contribution in [0.4, 0.5) is 4.39 Å². The zero-order valence-corrected chi connectivity index (χ0v) is 11.4. The number of hydrogen-bond acceptors (Lipinski definition) is 2. The predicted octanol–water partition coefficient (Wildman–Crippen LogP) is 4.97. The first kappa shape index (κ1) is 13.8. The van der Waals surface area contributed by atoms with Gasteiger partial charge in [-0.1, -0.05) is 23.4 Å². The average Bonchev–Trinajstić information content (AvgIpc) is 2.41. The molecule has 0 N–H and O–H groups in total. The number of ketones is 1. The predicted molar refractivity (Wildman–Crippen MR) is 77.2 cm³/mol. The van der Waals surface area contributed by atoms with Crippen molar-refractivity contribution < 1.29 is 9.18 Å². The van der Waals surface area contributed by atoms with Gasteiger partial charge in [0.05, 0.1) is 0 Å². The minimum Gasteiger partial charge on any atom is -0.289 e. The van der Waals surface area contributed by atoms with E-state index in [0.717, 1.165) is 4.90 Å². The van der Waals surface area contributed by atoms with Crippen molar-refractivity contribution >= 4 is 29.1 Å². The van der Waals surface area contributed by atoms with E-state index in [9.17, 15) is 9.18 Å². The van der Waals surface area contributed by atoms with Gasteiger partial charge >= 0.3 is 0 Å². The van der Waals surface area contributed by atoms with Crippen molar-refractivity contribution in [3.63, 3.8) is 0 Å². The van der Waals surface area contributed by atoms with E-state index in [1.165, 1.54) is 42.1 Å². The molecule has 0 amide bonds. The molecule has 0 radical (unpaired) electrons. The number of thioether (sulfide) groups is 1. The lowest BCUT2D eigenvalue weighted by molar-refractivity contribution is 0.104. The lowest BCUT2D eigenvalue weighted by Gasteiger charge is -1.97. The third-order valence-electron chi connectivity index (χ3n) is 2.37. The van der Waals surface area contributed by atoms with Gasteiger partial charge in [0.1, 0.15) is 5.82 Å². The monoisotopic (exact) mass is 292 g/mol. The lowest BCUT2D eigenvalue weighted by Crippen LogP contribution is -1.93. The van der Waals surface area contributed by atoms with E-state index in [-0.39, 0.29) is 11.6 Å². The number of carbonyl (C=O) groups is 1. The maximum atomic E-state index is 12.7. The molecular formula is C15H10ClFOS. The Morgan fingerprint density at radius 2 is 1.68 bits per heavy atom. The van der Waals surface area contributed by atoms with Gasteiger partial charge in [0.25, 0.3) is 0 Å². The lowest BCUT2D eigenvalue weighted by atomic mass is 10.1. The number of halogens is 2. The van der Waals surface area contributed by atoms with E-state index in [0.29, 0.717) is 10.6 Å². The fourth-order valence-corrected chi connectivity index (χ4v) is 2.17. The minimum atomic E-state index is -0.351. The Hall–Kier alpha value is -1.58. The number of allylic oxidation sites excluding steroid dienone is 1. The van der Waals surface area contributed by atoms with Crippen molar-refractivity contribution in [1.82, 2.24) is 0 Å². The summed E-state index contributed by atoms with van der Waals surface area (Å²) in [6.07, 6.45) is 1.46. The molecule has 0 fully saturated rings. The molecule has 96 valence electrons. The summed E-state index contributed by atoms with van der Waals surface area (Å²) in [6, 6.07) is 12.8. The molecule has 2 aromatic carbocycles. The summed E-state index contributed by atoms with van der Waals surface area (Å²) in [4.78, 5) is 12.7. The van der Waals surface area contributed by atoms with Crippen LogP contribution in [0, 0.1) is 5.82 Å². The highest BCUT2D eigenvalue weighted by Crippen LogP contribution is 2.21. The van der Waals surface area contributed by atoms with Crippen LogP contribution in [0.15, 0.2) is 64.9 Å². The maximum absolute atomic E-state index is 12.7. The van der Waals surface area contributed by atoms with Gasteiger partial charge in [-0.25, -0.2) is 4.39 Å². The summed E-state index contributed by atoms with van der Waals surface area (Å²) in [5, 5.41) is 2.38. The van der Waals surface area contributed by atoms with Crippen LogP contribution in [0.1, 0.15) is 10.4 Å². The Kier molecular flexibility index (Phi) is 4.77. The van der Waals surface area contributed by atoms with Gasteiger partial charge in [-0.3, -0.25) is 4.79 Å². The number of benzene rings is 2. The quantitative estimate of drug-likeness (QED) is 0.450. The highest BCUT2D eigenvalue weighted by Gasteiger charge is 2.01. The number of hydrogen-bond donors (Lipinski definition) is 0. The van der Waals surface area contributed by atoms with E-state index in [1.54, 1.807) is 17.5 Å². The molecule has 2 rings (SSSR count). The second kappa shape index (κ2) is 6.55. The van der Waals surface area contributed by atoms with Gasteiger partial charge in [0, 0.05) is 15.5 Å². The molecule has 1 nitrogen and oxygen atoms in total. The molecule has 0 unspecified atom stereocenters. The van der Waals surface area contributed by atoms with Crippen molar-refractivity contribution in [2.75, 3.05) is 0 Å². The van der Waals surface area contributed by atoms with Gasteiger partial charge in [-0.05, 0) is 60.0 Å². The first-order valence-electron chi connectivity index (χ1n) is 5.54. The molecule has 0 bridgehead atoms. The fraction of sp³-hybridized carbons (Fsp3) is 0. The van der Waals surface area contributed by atoms with Crippen molar-refractivity contribution in [1.29, 1.82) is 0 Å². The second-order valence-electron chi connectivity index (χ2n) is 3.75. The molecule has 0 aliphatic heterocycles. The summed E-state index contributed by atoms with van der Waals surface area (Å²) < 4.78 is 12.7. The topological polar surface area (TPSA) is 17.1 Å². The van der Waals surface area contributed by atoms with Crippen LogP contribution in [0.2, 0.25) is 5.02 Å². The summed E-state index contributed by atoms with van der Waals surface area (Å²) in [6.45, 7) is 0. The molecule has 0 atom stereocenters. The van der Waals surface area contributed by atoms with Crippen LogP contribution >= 0.6 is 23.4 Å². The van der Waals surface area contributed by atoms with Crippen molar-refractivity contribution in [2.24, 2.45) is 0 Å². The van der Waals surface area contributed by atoms with E-state index in [1.807, 2.05) is 12.1 Å². The molecule has 0 aromatic heterocycles. The first-order chi connectivity index (χ1) is 9.15. The normalized spacial score (nSPS) is 10.8. The number of rotatable bonds is 4. The van der Waals surface area contributed by atoms with Gasteiger partial charge in [0.15, 0.2) is 5.78 Å². The summed E-state index contributed by atoms with van der Waals surface area (Å²) in [5.41, 5.74) is 0.467. The van der Waals surface area contributed by atoms with Crippen LogP contribution in [-0.4, -0.2) is 5.78 Å². The van der Waals surface area contributed by atoms with Crippen molar-refractivity contribution in [3.05, 3.63) is 76.4 Å². The molecule has 0 saturated carbocycles. The van der Waals surface area contributed by atoms with Gasteiger partial charge in [-0.2, -0.15) is 0 Å². The third-order valence-corrected chi connectivity index (χ3v) is 3.43. The van der Waals surface area contributed by atoms with E-state index < -0.39 is 0 Å². The standard InChI is InChI=1S/C15H10ClFOS/c16-12-3-7-14(8-4-12)19-10-9-15(18)11-1-5-13(17)6-2-11/h1-10H/b10-9+. The van der Waals surface area contributed by atoms with Crippen LogP contribution in [0.3, 0.4) is 0 Å². The number of carbonyl (C=O) groups excluding carboxylic acids is 1. The Bertz CT molecular complexity index is 591. The highest BCUT2D eigenvalue weighted by molar-refractivity contribution is 8.02. The summed E-state index contributed by atoms with van der Waals surface area (Å²) >= 11 is 7.20. The smallest absolute Gasteiger partial charge is 0.186 e.